The smallest absolute Gasteiger partial charge is 0.124 e. The van der Waals surface area contributed by atoms with E-state index in [1.54, 1.807) is 0 Å². The van der Waals surface area contributed by atoms with E-state index in [4.69, 9.17) is 4.74 Å². The number of hydrogen-bond acceptors (Lipinski definition) is 2. The molecule has 1 aliphatic heterocycles. The normalized spacial score (nSPS) is 19.1. The second-order valence-electron chi connectivity index (χ2n) is 4.29. The SMILES string of the molecule is CCNC1CCOc2cc(C)c(Br)c(C)c21. The van der Waals surface area contributed by atoms with Gasteiger partial charge in [-0.25, -0.2) is 0 Å². The minimum atomic E-state index is 0.436. The van der Waals surface area contributed by atoms with Gasteiger partial charge in [-0.3, -0.25) is 0 Å². The molecule has 1 aromatic rings. The average Bonchev–Trinajstić information content (AvgIpc) is 2.26. The summed E-state index contributed by atoms with van der Waals surface area (Å²) in [5.74, 6) is 1.05. The minimum Gasteiger partial charge on any atom is -0.493 e. The summed E-state index contributed by atoms with van der Waals surface area (Å²) in [6.45, 7) is 8.22. The molecule has 0 radical (unpaired) electrons. The fourth-order valence-corrected chi connectivity index (χ4v) is 2.70. The van der Waals surface area contributed by atoms with Crippen LogP contribution in [-0.4, -0.2) is 13.2 Å². The molecular formula is C13H18BrNO. The summed E-state index contributed by atoms with van der Waals surface area (Å²) in [4.78, 5) is 0. The van der Waals surface area contributed by atoms with Gasteiger partial charge in [-0.05, 0) is 37.6 Å². The first kappa shape index (κ1) is 11.9. The fraction of sp³-hybridized carbons (Fsp3) is 0.538. The van der Waals surface area contributed by atoms with E-state index in [0.717, 1.165) is 25.3 Å². The van der Waals surface area contributed by atoms with Crippen molar-refractivity contribution in [3.8, 4) is 5.75 Å². The third-order valence-electron chi connectivity index (χ3n) is 3.16. The number of benzene rings is 1. The average molecular weight is 284 g/mol. The summed E-state index contributed by atoms with van der Waals surface area (Å²) in [5.41, 5.74) is 3.87. The molecule has 0 spiro atoms. The third-order valence-corrected chi connectivity index (χ3v) is 4.38. The van der Waals surface area contributed by atoms with Crippen molar-refractivity contribution in [3.63, 3.8) is 0 Å². The Morgan fingerprint density at radius 2 is 2.25 bits per heavy atom. The Kier molecular flexibility index (Phi) is 3.55. The van der Waals surface area contributed by atoms with E-state index in [1.807, 2.05) is 0 Å². The van der Waals surface area contributed by atoms with Crippen LogP contribution < -0.4 is 10.1 Å². The van der Waals surface area contributed by atoms with Gasteiger partial charge < -0.3 is 10.1 Å². The van der Waals surface area contributed by atoms with Gasteiger partial charge >= 0.3 is 0 Å². The van der Waals surface area contributed by atoms with Gasteiger partial charge in [0, 0.05) is 22.5 Å². The number of rotatable bonds is 2. The molecule has 0 aromatic heterocycles. The van der Waals surface area contributed by atoms with Crippen molar-refractivity contribution in [2.75, 3.05) is 13.2 Å². The standard InChI is InChI=1S/C13H18BrNO/c1-4-15-10-5-6-16-11-7-8(2)13(14)9(3)12(10)11/h7,10,15H,4-6H2,1-3H3. The predicted molar refractivity (Wildman–Crippen MR) is 70.1 cm³/mol. The van der Waals surface area contributed by atoms with Crippen LogP contribution in [0.3, 0.4) is 0 Å². The van der Waals surface area contributed by atoms with Gasteiger partial charge in [-0.15, -0.1) is 0 Å². The Hall–Kier alpha value is -0.540. The van der Waals surface area contributed by atoms with Gasteiger partial charge in [0.25, 0.3) is 0 Å². The van der Waals surface area contributed by atoms with Gasteiger partial charge in [-0.2, -0.15) is 0 Å². The molecular weight excluding hydrogens is 266 g/mol. The van der Waals surface area contributed by atoms with Crippen molar-refractivity contribution in [1.82, 2.24) is 5.32 Å². The van der Waals surface area contributed by atoms with E-state index < -0.39 is 0 Å². The summed E-state index contributed by atoms with van der Waals surface area (Å²) >= 11 is 3.65. The highest BCUT2D eigenvalue weighted by molar-refractivity contribution is 9.10. The van der Waals surface area contributed by atoms with Crippen LogP contribution >= 0.6 is 15.9 Å². The highest BCUT2D eigenvalue weighted by Crippen LogP contribution is 2.39. The Morgan fingerprint density at radius 1 is 1.50 bits per heavy atom. The highest BCUT2D eigenvalue weighted by Gasteiger charge is 2.24. The molecule has 0 saturated heterocycles. The maximum absolute atomic E-state index is 5.76. The molecule has 0 saturated carbocycles. The highest BCUT2D eigenvalue weighted by atomic mass is 79.9. The van der Waals surface area contributed by atoms with Gasteiger partial charge in [0.05, 0.1) is 6.61 Å². The van der Waals surface area contributed by atoms with Crippen LogP contribution in [0, 0.1) is 13.8 Å². The monoisotopic (exact) mass is 283 g/mol. The van der Waals surface area contributed by atoms with Crippen molar-refractivity contribution in [2.45, 2.75) is 33.2 Å². The number of halogens is 1. The third kappa shape index (κ3) is 1.98. The van der Waals surface area contributed by atoms with Crippen LogP contribution in [0.25, 0.3) is 0 Å². The molecule has 1 unspecified atom stereocenters. The van der Waals surface area contributed by atoms with E-state index in [2.05, 4.69) is 48.1 Å². The molecule has 1 atom stereocenters. The number of hydrogen-bond donors (Lipinski definition) is 1. The molecule has 2 nitrogen and oxygen atoms in total. The largest absolute Gasteiger partial charge is 0.493 e. The lowest BCUT2D eigenvalue weighted by molar-refractivity contribution is 0.253. The second-order valence-corrected chi connectivity index (χ2v) is 5.08. The molecule has 88 valence electrons. The molecule has 1 heterocycles. The lowest BCUT2D eigenvalue weighted by atomic mass is 9.94. The topological polar surface area (TPSA) is 21.3 Å². The Balaban J connectivity index is 2.50. The number of aryl methyl sites for hydroxylation is 1. The summed E-state index contributed by atoms with van der Waals surface area (Å²) in [5, 5.41) is 3.53. The van der Waals surface area contributed by atoms with E-state index >= 15 is 0 Å². The molecule has 0 bridgehead atoms. The van der Waals surface area contributed by atoms with E-state index in [9.17, 15) is 0 Å². The minimum absolute atomic E-state index is 0.436. The Morgan fingerprint density at radius 3 is 2.94 bits per heavy atom. The zero-order valence-electron chi connectivity index (χ0n) is 10.1. The molecule has 1 aliphatic rings. The van der Waals surface area contributed by atoms with Crippen LogP contribution in [0.5, 0.6) is 5.75 Å². The summed E-state index contributed by atoms with van der Waals surface area (Å²) in [6.07, 6.45) is 1.05. The first-order valence-corrected chi connectivity index (χ1v) is 6.60. The van der Waals surface area contributed by atoms with Crippen LogP contribution in [-0.2, 0) is 0 Å². The van der Waals surface area contributed by atoms with Crippen molar-refractivity contribution >= 4 is 15.9 Å². The van der Waals surface area contributed by atoms with E-state index in [-0.39, 0.29) is 0 Å². The number of ether oxygens (including phenoxy) is 1. The maximum atomic E-state index is 5.76. The second kappa shape index (κ2) is 4.76. The predicted octanol–water partition coefficient (Wildman–Crippen LogP) is 3.50. The van der Waals surface area contributed by atoms with Crippen LogP contribution in [0.15, 0.2) is 10.5 Å². The maximum Gasteiger partial charge on any atom is 0.124 e. The van der Waals surface area contributed by atoms with Crippen LogP contribution in [0.2, 0.25) is 0 Å². The zero-order chi connectivity index (χ0) is 11.7. The lowest BCUT2D eigenvalue weighted by Crippen LogP contribution is -2.27. The van der Waals surface area contributed by atoms with E-state index in [1.165, 1.54) is 21.2 Å². The number of nitrogens with one attached hydrogen (secondary N) is 1. The van der Waals surface area contributed by atoms with Crippen molar-refractivity contribution in [1.29, 1.82) is 0 Å². The van der Waals surface area contributed by atoms with Crippen molar-refractivity contribution in [3.05, 3.63) is 27.2 Å². The molecule has 1 N–H and O–H groups in total. The summed E-state index contributed by atoms with van der Waals surface area (Å²) < 4.78 is 6.96. The van der Waals surface area contributed by atoms with Gasteiger partial charge in [0.1, 0.15) is 5.75 Å². The molecule has 3 heteroatoms. The summed E-state index contributed by atoms with van der Waals surface area (Å²) in [6, 6.07) is 2.57. The lowest BCUT2D eigenvalue weighted by Gasteiger charge is -2.29. The molecule has 0 fully saturated rings. The quantitative estimate of drug-likeness (QED) is 0.897. The molecule has 1 aromatic carbocycles. The van der Waals surface area contributed by atoms with Crippen LogP contribution in [0.1, 0.15) is 36.1 Å². The molecule has 0 amide bonds. The summed E-state index contributed by atoms with van der Waals surface area (Å²) in [7, 11) is 0. The zero-order valence-corrected chi connectivity index (χ0v) is 11.6. The molecule has 0 aliphatic carbocycles. The van der Waals surface area contributed by atoms with E-state index in [0.29, 0.717) is 6.04 Å². The van der Waals surface area contributed by atoms with Crippen LogP contribution in [0.4, 0.5) is 0 Å². The fourth-order valence-electron chi connectivity index (χ4n) is 2.37. The Bertz CT molecular complexity index is 403. The van der Waals surface area contributed by atoms with Crippen molar-refractivity contribution in [2.24, 2.45) is 0 Å². The number of fused-ring (bicyclic) bond motifs is 1. The molecule has 2 rings (SSSR count). The van der Waals surface area contributed by atoms with Gasteiger partial charge in [-0.1, -0.05) is 22.9 Å². The first-order chi connectivity index (χ1) is 7.65. The Labute approximate surface area is 106 Å². The van der Waals surface area contributed by atoms with Crippen molar-refractivity contribution < 1.29 is 4.74 Å². The van der Waals surface area contributed by atoms with Gasteiger partial charge in [0.2, 0.25) is 0 Å². The first-order valence-electron chi connectivity index (χ1n) is 5.81. The molecule has 16 heavy (non-hydrogen) atoms. The van der Waals surface area contributed by atoms with Gasteiger partial charge in [0.15, 0.2) is 0 Å².